The lowest BCUT2D eigenvalue weighted by Crippen LogP contribution is -2.39. The number of aliphatic imine (C=N–C) groups is 1. The first kappa shape index (κ1) is 23.5. The first-order valence-electron chi connectivity index (χ1n) is 9.34. The zero-order valence-corrected chi connectivity index (χ0v) is 20.8. The zero-order chi connectivity index (χ0) is 20.1. The molecule has 2 aromatic rings. The Balaban J connectivity index is 0.00000300. The molecule has 0 saturated carbocycles. The van der Waals surface area contributed by atoms with Gasteiger partial charge >= 0.3 is 0 Å². The number of methoxy groups -OCH3 is 2. The van der Waals surface area contributed by atoms with E-state index in [0.29, 0.717) is 12.5 Å². The molecule has 2 heterocycles. The molecule has 7 nitrogen and oxygen atoms in total. The summed E-state index contributed by atoms with van der Waals surface area (Å²) in [6.45, 7) is 2.55. The molecule has 0 amide bonds. The third kappa shape index (κ3) is 5.88. The third-order valence-corrected chi connectivity index (χ3v) is 5.95. The number of thiazole rings is 1. The van der Waals surface area contributed by atoms with Crippen molar-refractivity contribution in [2.24, 2.45) is 4.99 Å². The Morgan fingerprint density at radius 1 is 1.28 bits per heavy atom. The van der Waals surface area contributed by atoms with Crippen LogP contribution in [0.25, 0.3) is 0 Å². The number of aromatic nitrogens is 1. The Kier molecular flexibility index (Phi) is 8.81. The molecule has 160 valence electrons. The fraction of sp³-hybridized carbons (Fsp3) is 0.500. The summed E-state index contributed by atoms with van der Waals surface area (Å²) in [4.78, 5) is 13.4. The number of nitrogens with zero attached hydrogens (tertiary/aromatic N) is 4. The molecule has 1 saturated heterocycles. The largest absolute Gasteiger partial charge is 0.497 e. The van der Waals surface area contributed by atoms with E-state index in [9.17, 15) is 0 Å². The molecule has 0 bridgehead atoms. The van der Waals surface area contributed by atoms with Gasteiger partial charge in [-0.2, -0.15) is 0 Å². The minimum absolute atomic E-state index is 0. The number of rotatable bonds is 6. The lowest BCUT2D eigenvalue weighted by atomic mass is 9.98. The summed E-state index contributed by atoms with van der Waals surface area (Å²) in [7, 11) is 9.22. The van der Waals surface area contributed by atoms with Crippen molar-refractivity contribution in [2.45, 2.75) is 18.9 Å². The van der Waals surface area contributed by atoms with Gasteiger partial charge in [-0.05, 0) is 24.1 Å². The van der Waals surface area contributed by atoms with Gasteiger partial charge in [-0.25, -0.2) is 4.98 Å². The topological polar surface area (TPSA) is 62.2 Å². The van der Waals surface area contributed by atoms with Crippen molar-refractivity contribution in [3.63, 3.8) is 0 Å². The van der Waals surface area contributed by atoms with Gasteiger partial charge < -0.3 is 24.6 Å². The Hall–Kier alpha value is -1.75. The van der Waals surface area contributed by atoms with Crippen molar-refractivity contribution < 1.29 is 9.47 Å². The van der Waals surface area contributed by atoms with Gasteiger partial charge in [0.15, 0.2) is 11.1 Å². The number of nitrogens with one attached hydrogen (secondary N) is 1. The summed E-state index contributed by atoms with van der Waals surface area (Å²) in [6.07, 6.45) is 1.07. The number of anilines is 1. The summed E-state index contributed by atoms with van der Waals surface area (Å²) in [6, 6.07) is 6.11. The highest BCUT2D eigenvalue weighted by molar-refractivity contribution is 14.0. The van der Waals surface area contributed by atoms with E-state index in [1.54, 1.807) is 25.6 Å². The van der Waals surface area contributed by atoms with E-state index < -0.39 is 0 Å². The molecule has 1 N–H and O–H groups in total. The molecule has 1 fully saturated rings. The number of hydrogen-bond donors (Lipinski definition) is 1. The standard InChI is InChI=1S/C20H29N5O2S.HI/c1-21-19(22-11-16-13-28-20(23-16)24(2)3)25-7-6-14(12-25)15-8-17(26-4)10-18(9-15)27-5;/h8-10,13-14H,6-7,11-12H2,1-5H3,(H,21,22);1H. The van der Waals surface area contributed by atoms with Gasteiger partial charge in [0.2, 0.25) is 0 Å². The SMILES string of the molecule is CN=C(NCc1csc(N(C)C)n1)N1CCC(c2cc(OC)cc(OC)c2)C1.I. The van der Waals surface area contributed by atoms with Crippen molar-refractivity contribution in [2.75, 3.05) is 53.4 Å². The van der Waals surface area contributed by atoms with Crippen LogP contribution in [0.1, 0.15) is 23.6 Å². The zero-order valence-electron chi connectivity index (χ0n) is 17.6. The molecular formula is C20H30IN5O2S. The van der Waals surface area contributed by atoms with Crippen LogP contribution >= 0.6 is 35.3 Å². The maximum atomic E-state index is 5.42. The Labute approximate surface area is 194 Å². The number of guanidine groups is 1. The normalized spacial score (nSPS) is 16.4. The smallest absolute Gasteiger partial charge is 0.193 e. The lowest BCUT2D eigenvalue weighted by Gasteiger charge is -2.21. The van der Waals surface area contributed by atoms with Crippen LogP contribution in [0.15, 0.2) is 28.6 Å². The quantitative estimate of drug-likeness (QED) is 0.351. The predicted molar refractivity (Wildman–Crippen MR) is 131 cm³/mol. The molecule has 0 radical (unpaired) electrons. The predicted octanol–water partition coefficient (Wildman–Crippen LogP) is 3.41. The van der Waals surface area contributed by atoms with E-state index in [1.165, 1.54) is 5.56 Å². The number of ether oxygens (including phenoxy) is 2. The Morgan fingerprint density at radius 3 is 2.52 bits per heavy atom. The molecule has 1 atom stereocenters. The van der Waals surface area contributed by atoms with E-state index in [4.69, 9.17) is 9.47 Å². The molecule has 0 aliphatic carbocycles. The molecule has 1 aromatic heterocycles. The fourth-order valence-corrected chi connectivity index (χ4v) is 4.13. The number of benzene rings is 1. The maximum Gasteiger partial charge on any atom is 0.193 e. The molecule has 3 rings (SSSR count). The third-order valence-electron chi connectivity index (χ3n) is 4.89. The van der Waals surface area contributed by atoms with E-state index in [2.05, 4.69) is 37.7 Å². The Morgan fingerprint density at radius 2 is 1.97 bits per heavy atom. The molecule has 1 aliphatic rings. The summed E-state index contributed by atoms with van der Waals surface area (Å²) in [5.74, 6) is 2.99. The van der Waals surface area contributed by atoms with Gasteiger partial charge in [-0.15, -0.1) is 35.3 Å². The van der Waals surface area contributed by atoms with Crippen molar-refractivity contribution in [1.29, 1.82) is 0 Å². The van der Waals surface area contributed by atoms with Crippen LogP contribution < -0.4 is 19.7 Å². The number of hydrogen-bond acceptors (Lipinski definition) is 6. The lowest BCUT2D eigenvalue weighted by molar-refractivity contribution is 0.392. The average Bonchev–Trinajstić information content (AvgIpc) is 3.38. The van der Waals surface area contributed by atoms with Crippen molar-refractivity contribution in [3.05, 3.63) is 34.8 Å². The van der Waals surface area contributed by atoms with Gasteiger partial charge in [0.05, 0.1) is 26.5 Å². The summed E-state index contributed by atoms with van der Waals surface area (Å²) in [5.41, 5.74) is 2.27. The highest BCUT2D eigenvalue weighted by Gasteiger charge is 2.27. The second-order valence-electron chi connectivity index (χ2n) is 6.99. The van der Waals surface area contributed by atoms with Crippen LogP contribution in [0.3, 0.4) is 0 Å². The second-order valence-corrected chi connectivity index (χ2v) is 7.83. The Bertz CT molecular complexity index is 805. The van der Waals surface area contributed by atoms with Crippen molar-refractivity contribution >= 4 is 46.4 Å². The second kappa shape index (κ2) is 10.9. The van der Waals surface area contributed by atoms with Crippen molar-refractivity contribution in [1.82, 2.24) is 15.2 Å². The highest BCUT2D eigenvalue weighted by Crippen LogP contribution is 2.33. The molecular weight excluding hydrogens is 501 g/mol. The molecule has 1 aromatic carbocycles. The van der Waals surface area contributed by atoms with Gasteiger partial charge in [0, 0.05) is 51.6 Å². The van der Waals surface area contributed by atoms with Gasteiger partial charge in [0.25, 0.3) is 0 Å². The van der Waals surface area contributed by atoms with Crippen LogP contribution in [0.5, 0.6) is 11.5 Å². The van der Waals surface area contributed by atoms with Crippen LogP contribution in [0, 0.1) is 0 Å². The summed E-state index contributed by atoms with van der Waals surface area (Å²) < 4.78 is 10.8. The van der Waals surface area contributed by atoms with Gasteiger partial charge in [-0.1, -0.05) is 0 Å². The minimum atomic E-state index is 0. The van der Waals surface area contributed by atoms with Crippen molar-refractivity contribution in [3.8, 4) is 11.5 Å². The van der Waals surface area contributed by atoms with E-state index in [0.717, 1.165) is 47.8 Å². The van der Waals surface area contributed by atoms with E-state index >= 15 is 0 Å². The van der Waals surface area contributed by atoms with Gasteiger partial charge in [0.1, 0.15) is 11.5 Å². The number of halogens is 1. The molecule has 1 aliphatic heterocycles. The van der Waals surface area contributed by atoms with Gasteiger partial charge in [-0.3, -0.25) is 4.99 Å². The molecule has 0 spiro atoms. The monoisotopic (exact) mass is 531 g/mol. The average molecular weight is 531 g/mol. The van der Waals surface area contributed by atoms with Crippen LogP contribution in [-0.4, -0.2) is 64.3 Å². The fourth-order valence-electron chi connectivity index (χ4n) is 3.37. The minimum Gasteiger partial charge on any atom is -0.497 e. The highest BCUT2D eigenvalue weighted by atomic mass is 127. The molecule has 1 unspecified atom stereocenters. The first-order chi connectivity index (χ1) is 13.5. The summed E-state index contributed by atoms with van der Waals surface area (Å²) in [5, 5.41) is 6.55. The maximum absolute atomic E-state index is 5.42. The number of likely N-dealkylation sites (tertiary alicyclic amines) is 1. The molecule has 9 heteroatoms. The summed E-state index contributed by atoms with van der Waals surface area (Å²) >= 11 is 1.65. The van der Waals surface area contributed by atoms with Crippen LogP contribution in [0.4, 0.5) is 5.13 Å². The molecule has 29 heavy (non-hydrogen) atoms. The van der Waals surface area contributed by atoms with E-state index in [1.807, 2.05) is 32.1 Å². The van der Waals surface area contributed by atoms with Crippen LogP contribution in [-0.2, 0) is 6.54 Å². The van der Waals surface area contributed by atoms with Crippen LogP contribution in [0.2, 0.25) is 0 Å². The first-order valence-corrected chi connectivity index (χ1v) is 10.2. The van der Waals surface area contributed by atoms with E-state index in [-0.39, 0.29) is 24.0 Å².